The van der Waals surface area contributed by atoms with Gasteiger partial charge in [0.05, 0.1) is 11.3 Å². The van der Waals surface area contributed by atoms with Gasteiger partial charge in [-0.2, -0.15) is 13.2 Å². The summed E-state index contributed by atoms with van der Waals surface area (Å²) in [6.07, 6.45) is -1.32. The first-order chi connectivity index (χ1) is 16.1. The third kappa shape index (κ3) is 5.88. The Hall–Kier alpha value is -4.41. The number of pyridine rings is 1. The fraction of sp³-hybridized carbons (Fsp3) is 0.130. The van der Waals surface area contributed by atoms with Gasteiger partial charge in [0.25, 0.3) is 5.91 Å². The maximum atomic E-state index is 12.0. The van der Waals surface area contributed by atoms with E-state index in [2.05, 4.69) is 27.2 Å². The molecule has 3 aromatic rings. The highest BCUT2D eigenvalue weighted by atomic mass is 19.4. The standard InChI is InChI=1S/C21H18N4O2.C2HF3O2/c1-2-20(26)24-15-5-3-4-13(10-15)18-11-14(6-8-22-18)19-12-16-17(25-19)7-9-23-21(16)27;3-2(4,5)1(6)7/h2-6,8,10-12,25H,1,7,9H2,(H,23,27)(H,24,26);(H,6,7). The van der Waals surface area contributed by atoms with Gasteiger partial charge in [0.15, 0.2) is 0 Å². The Morgan fingerprint density at radius 3 is 2.53 bits per heavy atom. The Balaban J connectivity index is 0.000000406. The van der Waals surface area contributed by atoms with Crippen molar-refractivity contribution in [2.75, 3.05) is 11.9 Å². The van der Waals surface area contributed by atoms with E-state index in [0.717, 1.165) is 34.6 Å². The number of nitrogens with one attached hydrogen (secondary N) is 3. The molecule has 0 fully saturated rings. The Morgan fingerprint density at radius 1 is 1.15 bits per heavy atom. The summed E-state index contributed by atoms with van der Waals surface area (Å²) in [5, 5.41) is 12.7. The molecule has 2 amide bonds. The summed E-state index contributed by atoms with van der Waals surface area (Å²) in [5.41, 5.74) is 5.83. The number of aromatic nitrogens is 2. The molecule has 1 aliphatic heterocycles. The number of amides is 2. The van der Waals surface area contributed by atoms with E-state index in [1.165, 1.54) is 6.08 Å². The fourth-order valence-electron chi connectivity index (χ4n) is 3.15. The summed E-state index contributed by atoms with van der Waals surface area (Å²) in [6.45, 7) is 4.11. The first kappa shape index (κ1) is 24.2. The lowest BCUT2D eigenvalue weighted by atomic mass is 10.1. The van der Waals surface area contributed by atoms with E-state index in [1.807, 2.05) is 42.5 Å². The molecule has 3 heterocycles. The molecule has 1 aliphatic rings. The summed E-state index contributed by atoms with van der Waals surface area (Å²) < 4.78 is 31.7. The number of nitrogens with zero attached hydrogens (tertiary/aromatic N) is 1. The Kier molecular flexibility index (Phi) is 7.15. The second kappa shape index (κ2) is 10.0. The van der Waals surface area contributed by atoms with Crippen molar-refractivity contribution in [2.24, 2.45) is 0 Å². The van der Waals surface area contributed by atoms with Crippen molar-refractivity contribution >= 4 is 23.5 Å². The molecule has 0 radical (unpaired) electrons. The lowest BCUT2D eigenvalue weighted by molar-refractivity contribution is -0.192. The molecule has 4 rings (SSSR count). The van der Waals surface area contributed by atoms with Gasteiger partial charge in [0.2, 0.25) is 5.91 Å². The van der Waals surface area contributed by atoms with Crippen LogP contribution in [0.25, 0.3) is 22.5 Å². The third-order valence-corrected chi connectivity index (χ3v) is 4.73. The van der Waals surface area contributed by atoms with Crippen molar-refractivity contribution < 1.29 is 32.7 Å². The van der Waals surface area contributed by atoms with Gasteiger partial charge < -0.3 is 20.7 Å². The number of aromatic amines is 1. The van der Waals surface area contributed by atoms with Crippen molar-refractivity contribution in [1.29, 1.82) is 0 Å². The number of aliphatic carboxylic acids is 1. The lowest BCUT2D eigenvalue weighted by Gasteiger charge is -2.11. The smallest absolute Gasteiger partial charge is 0.475 e. The van der Waals surface area contributed by atoms with Crippen LogP contribution in [0, 0.1) is 0 Å². The number of fused-ring (bicyclic) bond motifs is 1. The number of halogens is 3. The van der Waals surface area contributed by atoms with Crippen LogP contribution in [0.15, 0.2) is 61.3 Å². The van der Waals surface area contributed by atoms with Gasteiger partial charge in [0.1, 0.15) is 0 Å². The number of carbonyl (C=O) groups excluding carboxylic acids is 2. The van der Waals surface area contributed by atoms with Crippen molar-refractivity contribution in [1.82, 2.24) is 15.3 Å². The lowest BCUT2D eigenvalue weighted by Crippen LogP contribution is -2.31. The van der Waals surface area contributed by atoms with Gasteiger partial charge in [-0.05, 0) is 36.4 Å². The van der Waals surface area contributed by atoms with Crippen LogP contribution in [-0.2, 0) is 16.0 Å². The predicted octanol–water partition coefficient (Wildman–Crippen LogP) is 3.79. The van der Waals surface area contributed by atoms with Crippen molar-refractivity contribution in [2.45, 2.75) is 12.6 Å². The minimum atomic E-state index is -5.08. The zero-order valence-corrected chi connectivity index (χ0v) is 17.6. The number of anilines is 1. The monoisotopic (exact) mass is 472 g/mol. The zero-order chi connectivity index (χ0) is 24.9. The summed E-state index contributed by atoms with van der Waals surface area (Å²) in [4.78, 5) is 40.2. The van der Waals surface area contributed by atoms with E-state index < -0.39 is 12.1 Å². The van der Waals surface area contributed by atoms with Crippen LogP contribution in [-0.4, -0.2) is 45.6 Å². The molecule has 0 unspecified atom stereocenters. The number of carboxylic acids is 1. The number of H-pyrrole nitrogens is 1. The molecule has 2 aromatic heterocycles. The predicted molar refractivity (Wildman–Crippen MR) is 118 cm³/mol. The highest BCUT2D eigenvalue weighted by Crippen LogP contribution is 2.28. The fourth-order valence-corrected chi connectivity index (χ4v) is 3.15. The number of hydrogen-bond donors (Lipinski definition) is 4. The molecular formula is C23H19F3N4O4. The molecule has 0 atom stereocenters. The summed E-state index contributed by atoms with van der Waals surface area (Å²) >= 11 is 0. The largest absolute Gasteiger partial charge is 0.490 e. The van der Waals surface area contributed by atoms with E-state index in [1.54, 1.807) is 6.20 Å². The third-order valence-electron chi connectivity index (χ3n) is 4.73. The van der Waals surface area contributed by atoms with Crippen LogP contribution in [0.1, 0.15) is 16.1 Å². The van der Waals surface area contributed by atoms with Gasteiger partial charge in [-0.25, -0.2) is 4.79 Å². The summed E-state index contributed by atoms with van der Waals surface area (Å²) in [5.74, 6) is -3.06. The van der Waals surface area contributed by atoms with Crippen molar-refractivity contribution in [3.63, 3.8) is 0 Å². The zero-order valence-electron chi connectivity index (χ0n) is 17.6. The van der Waals surface area contributed by atoms with E-state index in [9.17, 15) is 22.8 Å². The number of rotatable bonds is 4. The van der Waals surface area contributed by atoms with Crippen LogP contribution in [0.4, 0.5) is 18.9 Å². The highest BCUT2D eigenvalue weighted by molar-refractivity contribution is 5.99. The normalized spacial score (nSPS) is 12.5. The van der Waals surface area contributed by atoms with Gasteiger partial charge in [0, 0.05) is 47.4 Å². The Labute approximate surface area is 191 Å². The molecule has 34 heavy (non-hydrogen) atoms. The minimum absolute atomic E-state index is 0.0429. The molecule has 11 heteroatoms. The molecule has 0 aliphatic carbocycles. The van der Waals surface area contributed by atoms with Crippen molar-refractivity contribution in [3.05, 3.63) is 72.6 Å². The molecule has 1 aromatic carbocycles. The first-order valence-electron chi connectivity index (χ1n) is 9.89. The maximum Gasteiger partial charge on any atom is 0.490 e. The molecular weight excluding hydrogens is 453 g/mol. The number of carboxylic acid groups (broad SMARTS) is 1. The highest BCUT2D eigenvalue weighted by Gasteiger charge is 2.38. The van der Waals surface area contributed by atoms with E-state index in [4.69, 9.17) is 9.90 Å². The molecule has 8 nitrogen and oxygen atoms in total. The van der Waals surface area contributed by atoms with Crippen LogP contribution < -0.4 is 10.6 Å². The van der Waals surface area contributed by atoms with Gasteiger partial charge in [-0.1, -0.05) is 18.7 Å². The van der Waals surface area contributed by atoms with Crippen LogP contribution in [0.2, 0.25) is 0 Å². The van der Waals surface area contributed by atoms with Gasteiger partial charge in [-0.3, -0.25) is 14.6 Å². The van der Waals surface area contributed by atoms with E-state index >= 15 is 0 Å². The molecule has 176 valence electrons. The number of benzene rings is 1. The Bertz CT molecular complexity index is 1250. The quantitative estimate of drug-likeness (QED) is 0.430. The molecule has 0 bridgehead atoms. The second-order valence-electron chi connectivity index (χ2n) is 7.09. The summed E-state index contributed by atoms with van der Waals surface area (Å²) in [6, 6.07) is 13.2. The van der Waals surface area contributed by atoms with Crippen molar-refractivity contribution in [3.8, 4) is 22.5 Å². The van der Waals surface area contributed by atoms with E-state index in [0.29, 0.717) is 17.8 Å². The molecule has 0 saturated carbocycles. The average Bonchev–Trinajstić information content (AvgIpc) is 3.25. The topological polar surface area (TPSA) is 124 Å². The average molecular weight is 472 g/mol. The molecule has 0 spiro atoms. The molecule has 4 N–H and O–H groups in total. The van der Waals surface area contributed by atoms with Crippen LogP contribution in [0.3, 0.4) is 0 Å². The number of carbonyl (C=O) groups is 3. The Morgan fingerprint density at radius 2 is 1.88 bits per heavy atom. The van der Waals surface area contributed by atoms with Crippen LogP contribution >= 0.6 is 0 Å². The minimum Gasteiger partial charge on any atom is -0.475 e. The first-order valence-corrected chi connectivity index (χ1v) is 9.89. The SMILES string of the molecule is C=CC(=O)Nc1cccc(-c2cc(-c3cc4c([nH]3)CCNC4=O)ccn2)c1.O=C(O)C(F)(F)F. The molecule has 0 saturated heterocycles. The number of hydrogen-bond acceptors (Lipinski definition) is 4. The van der Waals surface area contributed by atoms with Gasteiger partial charge >= 0.3 is 12.1 Å². The van der Waals surface area contributed by atoms with Crippen LogP contribution in [0.5, 0.6) is 0 Å². The number of alkyl halides is 3. The van der Waals surface area contributed by atoms with Gasteiger partial charge in [-0.15, -0.1) is 0 Å². The van der Waals surface area contributed by atoms with E-state index in [-0.39, 0.29) is 11.8 Å². The maximum absolute atomic E-state index is 12.0. The summed E-state index contributed by atoms with van der Waals surface area (Å²) in [7, 11) is 0. The second-order valence-corrected chi connectivity index (χ2v) is 7.09.